The molecule has 6 nitrogen and oxygen atoms in total. The molecular weight excluding hydrogens is 318 g/mol. The first-order chi connectivity index (χ1) is 12.2. The van der Waals surface area contributed by atoms with Crippen molar-refractivity contribution in [2.75, 3.05) is 18.1 Å². The molecule has 0 bridgehead atoms. The molecule has 25 heavy (non-hydrogen) atoms. The van der Waals surface area contributed by atoms with Gasteiger partial charge in [0.2, 0.25) is 11.8 Å². The topological polar surface area (TPSA) is 71.5 Å². The fourth-order valence-electron chi connectivity index (χ4n) is 2.86. The lowest BCUT2D eigenvalue weighted by molar-refractivity contribution is -0.126. The summed E-state index contributed by atoms with van der Waals surface area (Å²) in [5, 5.41) is 2.88. The fraction of sp³-hybridized carbons (Fsp3) is 0.316. The van der Waals surface area contributed by atoms with Crippen LogP contribution in [-0.4, -0.2) is 29.9 Å². The molecule has 2 amide bonds. The Morgan fingerprint density at radius 3 is 2.80 bits per heavy atom. The van der Waals surface area contributed by atoms with E-state index >= 15 is 0 Å². The summed E-state index contributed by atoms with van der Waals surface area (Å²) in [5.41, 5.74) is 1.72. The molecule has 2 heterocycles. The Kier molecular flexibility index (Phi) is 5.28. The lowest BCUT2D eigenvalue weighted by Gasteiger charge is -2.17. The molecule has 1 atom stereocenters. The van der Waals surface area contributed by atoms with Gasteiger partial charge in [0.25, 0.3) is 0 Å². The van der Waals surface area contributed by atoms with Crippen LogP contribution in [0.1, 0.15) is 18.9 Å². The van der Waals surface area contributed by atoms with Crippen LogP contribution in [0, 0.1) is 5.92 Å². The van der Waals surface area contributed by atoms with Gasteiger partial charge >= 0.3 is 0 Å². The van der Waals surface area contributed by atoms with Crippen LogP contribution in [0.4, 0.5) is 5.69 Å². The standard InChI is InChI=1S/C19H21N3O3/c1-2-25-17-7-5-16(6-8-17)22-13-15(10-18(22)23)19(24)21-12-14-4-3-9-20-11-14/h3-9,11,15H,2,10,12-13H2,1H3,(H,21,24). The minimum Gasteiger partial charge on any atom is -0.494 e. The van der Waals surface area contributed by atoms with Crippen molar-refractivity contribution in [2.24, 2.45) is 5.92 Å². The maximum atomic E-state index is 12.3. The molecule has 0 saturated carbocycles. The molecule has 1 saturated heterocycles. The second-order valence-electron chi connectivity index (χ2n) is 5.91. The first-order valence-electron chi connectivity index (χ1n) is 8.37. The minimum atomic E-state index is -0.337. The molecule has 0 spiro atoms. The number of hydrogen-bond acceptors (Lipinski definition) is 4. The van der Waals surface area contributed by atoms with Crippen molar-refractivity contribution in [3.05, 3.63) is 54.4 Å². The summed E-state index contributed by atoms with van der Waals surface area (Å²) in [4.78, 5) is 30.3. The van der Waals surface area contributed by atoms with Crippen molar-refractivity contribution in [1.82, 2.24) is 10.3 Å². The predicted molar refractivity (Wildman–Crippen MR) is 94.2 cm³/mol. The van der Waals surface area contributed by atoms with Gasteiger partial charge in [-0.25, -0.2) is 0 Å². The molecule has 1 unspecified atom stereocenters. The Hall–Kier alpha value is -2.89. The highest BCUT2D eigenvalue weighted by Gasteiger charge is 2.34. The van der Waals surface area contributed by atoms with Crippen LogP contribution < -0.4 is 15.0 Å². The van der Waals surface area contributed by atoms with Crippen molar-refractivity contribution >= 4 is 17.5 Å². The number of rotatable bonds is 6. The Labute approximate surface area is 146 Å². The van der Waals surface area contributed by atoms with Crippen molar-refractivity contribution in [2.45, 2.75) is 19.9 Å². The summed E-state index contributed by atoms with van der Waals surface area (Å²) in [6, 6.07) is 11.1. The summed E-state index contributed by atoms with van der Waals surface area (Å²) in [6.45, 7) is 3.33. The van der Waals surface area contributed by atoms with Crippen LogP contribution in [0.5, 0.6) is 5.75 Å². The van der Waals surface area contributed by atoms with E-state index in [2.05, 4.69) is 10.3 Å². The SMILES string of the molecule is CCOc1ccc(N2CC(C(=O)NCc3cccnc3)CC2=O)cc1. The summed E-state index contributed by atoms with van der Waals surface area (Å²) in [7, 11) is 0. The Balaban J connectivity index is 1.58. The molecule has 1 aromatic carbocycles. The zero-order valence-corrected chi connectivity index (χ0v) is 14.1. The van der Waals surface area contributed by atoms with Gasteiger partial charge in [-0.05, 0) is 42.8 Å². The molecule has 3 rings (SSSR count). The smallest absolute Gasteiger partial charge is 0.227 e. The quantitative estimate of drug-likeness (QED) is 0.875. The minimum absolute atomic E-state index is 0.0364. The van der Waals surface area contributed by atoms with Crippen molar-refractivity contribution in [1.29, 1.82) is 0 Å². The molecule has 1 aliphatic heterocycles. The first-order valence-corrected chi connectivity index (χ1v) is 8.37. The Bertz CT molecular complexity index is 731. The van der Waals surface area contributed by atoms with Gasteiger partial charge in [0.1, 0.15) is 5.75 Å². The Morgan fingerprint density at radius 2 is 2.12 bits per heavy atom. The number of hydrogen-bond donors (Lipinski definition) is 1. The van der Waals surface area contributed by atoms with Gasteiger partial charge in [0.15, 0.2) is 0 Å². The summed E-state index contributed by atoms with van der Waals surface area (Å²) < 4.78 is 5.41. The van der Waals surface area contributed by atoms with E-state index in [0.717, 1.165) is 17.0 Å². The van der Waals surface area contributed by atoms with E-state index < -0.39 is 0 Å². The maximum Gasteiger partial charge on any atom is 0.227 e. The van der Waals surface area contributed by atoms with Gasteiger partial charge in [-0.15, -0.1) is 0 Å². The lowest BCUT2D eigenvalue weighted by Crippen LogP contribution is -2.32. The van der Waals surface area contributed by atoms with E-state index in [4.69, 9.17) is 4.74 Å². The third-order valence-corrected chi connectivity index (χ3v) is 4.14. The number of ether oxygens (including phenoxy) is 1. The van der Waals surface area contributed by atoms with Crippen LogP contribution >= 0.6 is 0 Å². The largest absolute Gasteiger partial charge is 0.494 e. The predicted octanol–water partition coefficient (Wildman–Crippen LogP) is 2.15. The van der Waals surface area contributed by atoms with Crippen molar-refractivity contribution in [3.8, 4) is 5.75 Å². The number of amides is 2. The van der Waals surface area contributed by atoms with Crippen LogP contribution in [0.3, 0.4) is 0 Å². The molecule has 1 N–H and O–H groups in total. The van der Waals surface area contributed by atoms with E-state index in [1.807, 2.05) is 43.3 Å². The Morgan fingerprint density at radius 1 is 1.32 bits per heavy atom. The van der Waals surface area contributed by atoms with E-state index in [-0.39, 0.29) is 24.2 Å². The van der Waals surface area contributed by atoms with Gasteiger partial charge in [0, 0.05) is 37.6 Å². The van der Waals surface area contributed by atoms with Crippen LogP contribution in [-0.2, 0) is 16.1 Å². The second kappa shape index (κ2) is 7.79. The molecule has 1 aromatic heterocycles. The molecule has 0 radical (unpaired) electrons. The molecule has 6 heteroatoms. The van der Waals surface area contributed by atoms with Crippen molar-refractivity contribution in [3.63, 3.8) is 0 Å². The van der Waals surface area contributed by atoms with E-state index in [0.29, 0.717) is 19.7 Å². The fourth-order valence-corrected chi connectivity index (χ4v) is 2.86. The number of carbonyl (C=O) groups excluding carboxylic acids is 2. The third-order valence-electron chi connectivity index (χ3n) is 4.14. The molecular formula is C19H21N3O3. The second-order valence-corrected chi connectivity index (χ2v) is 5.91. The molecule has 0 aliphatic carbocycles. The van der Waals surface area contributed by atoms with Gasteiger partial charge in [0.05, 0.1) is 12.5 Å². The summed E-state index contributed by atoms with van der Waals surface area (Å²) in [6.07, 6.45) is 3.63. The van der Waals surface area contributed by atoms with Gasteiger partial charge < -0.3 is 15.0 Å². The summed E-state index contributed by atoms with van der Waals surface area (Å²) >= 11 is 0. The van der Waals surface area contributed by atoms with Crippen LogP contribution in [0.2, 0.25) is 0 Å². The van der Waals surface area contributed by atoms with Crippen LogP contribution in [0.15, 0.2) is 48.8 Å². The van der Waals surface area contributed by atoms with E-state index in [1.165, 1.54) is 0 Å². The third kappa shape index (κ3) is 4.15. The average molecular weight is 339 g/mol. The molecule has 130 valence electrons. The number of anilines is 1. The number of carbonyl (C=O) groups is 2. The van der Waals surface area contributed by atoms with Crippen LogP contribution in [0.25, 0.3) is 0 Å². The van der Waals surface area contributed by atoms with Gasteiger partial charge in [-0.1, -0.05) is 6.07 Å². The monoisotopic (exact) mass is 339 g/mol. The number of nitrogens with zero attached hydrogens (tertiary/aromatic N) is 2. The van der Waals surface area contributed by atoms with E-state index in [9.17, 15) is 9.59 Å². The lowest BCUT2D eigenvalue weighted by atomic mass is 10.1. The number of aromatic nitrogens is 1. The maximum absolute atomic E-state index is 12.3. The molecule has 1 fully saturated rings. The van der Waals surface area contributed by atoms with Crippen molar-refractivity contribution < 1.29 is 14.3 Å². The van der Waals surface area contributed by atoms with E-state index in [1.54, 1.807) is 17.3 Å². The van der Waals surface area contributed by atoms with Gasteiger partial charge in [-0.3, -0.25) is 14.6 Å². The summed E-state index contributed by atoms with van der Waals surface area (Å²) in [5.74, 6) is 0.288. The highest BCUT2D eigenvalue weighted by atomic mass is 16.5. The normalized spacial score (nSPS) is 16.8. The average Bonchev–Trinajstić information content (AvgIpc) is 3.03. The number of nitrogens with one attached hydrogen (secondary N) is 1. The highest BCUT2D eigenvalue weighted by Crippen LogP contribution is 2.27. The highest BCUT2D eigenvalue weighted by molar-refractivity contribution is 6.00. The van der Waals surface area contributed by atoms with Gasteiger partial charge in [-0.2, -0.15) is 0 Å². The number of pyridine rings is 1. The molecule has 2 aromatic rings. The zero-order valence-electron chi connectivity index (χ0n) is 14.1. The zero-order chi connectivity index (χ0) is 17.6. The first kappa shape index (κ1) is 17.0. The number of benzene rings is 1. The molecule has 1 aliphatic rings.